The van der Waals surface area contributed by atoms with Crippen molar-refractivity contribution in [3.8, 4) is 5.75 Å². The minimum absolute atomic E-state index is 0.151. The number of para-hydroxylation sites is 1. The van der Waals surface area contributed by atoms with E-state index in [-0.39, 0.29) is 18.1 Å². The standard InChI is InChI=1S/C16H15N5O2/c22-13-5-3-4-12(10-13)11-17-19-16(23)8-9-21-15-7-2-1-6-14(15)18-20-21/h1-7,10-11,22H,8-9H2,(H,19,23)/b17-11+. The van der Waals surface area contributed by atoms with E-state index in [0.717, 1.165) is 11.0 Å². The van der Waals surface area contributed by atoms with Crippen molar-refractivity contribution in [3.63, 3.8) is 0 Å². The van der Waals surface area contributed by atoms with Gasteiger partial charge in [-0.3, -0.25) is 4.79 Å². The fourth-order valence-corrected chi connectivity index (χ4v) is 2.13. The minimum Gasteiger partial charge on any atom is -0.508 e. The lowest BCUT2D eigenvalue weighted by Gasteiger charge is -2.01. The van der Waals surface area contributed by atoms with Crippen LogP contribution in [-0.4, -0.2) is 32.2 Å². The van der Waals surface area contributed by atoms with Gasteiger partial charge in [-0.05, 0) is 29.8 Å². The van der Waals surface area contributed by atoms with Crippen LogP contribution in [-0.2, 0) is 11.3 Å². The van der Waals surface area contributed by atoms with Gasteiger partial charge >= 0.3 is 0 Å². The summed E-state index contributed by atoms with van der Waals surface area (Å²) in [6.07, 6.45) is 1.72. The fourth-order valence-electron chi connectivity index (χ4n) is 2.13. The number of fused-ring (bicyclic) bond motifs is 1. The molecule has 3 rings (SSSR count). The topological polar surface area (TPSA) is 92.4 Å². The van der Waals surface area contributed by atoms with Crippen LogP contribution in [0.5, 0.6) is 5.75 Å². The number of hydrogen-bond donors (Lipinski definition) is 2. The van der Waals surface area contributed by atoms with Gasteiger partial charge < -0.3 is 5.11 Å². The van der Waals surface area contributed by atoms with E-state index in [1.807, 2.05) is 24.3 Å². The second-order valence-electron chi connectivity index (χ2n) is 4.94. The molecule has 7 nitrogen and oxygen atoms in total. The molecule has 2 aromatic carbocycles. The van der Waals surface area contributed by atoms with Crippen molar-refractivity contribution in [3.05, 3.63) is 54.1 Å². The predicted molar refractivity (Wildman–Crippen MR) is 86.0 cm³/mol. The van der Waals surface area contributed by atoms with Gasteiger partial charge in [-0.2, -0.15) is 5.10 Å². The van der Waals surface area contributed by atoms with Crippen molar-refractivity contribution < 1.29 is 9.90 Å². The number of hydrazone groups is 1. The van der Waals surface area contributed by atoms with Crippen LogP contribution < -0.4 is 5.43 Å². The van der Waals surface area contributed by atoms with Crippen LogP contribution in [0.1, 0.15) is 12.0 Å². The molecule has 0 spiro atoms. The molecule has 0 saturated carbocycles. The van der Waals surface area contributed by atoms with E-state index in [9.17, 15) is 9.90 Å². The molecule has 0 bridgehead atoms. The van der Waals surface area contributed by atoms with Crippen molar-refractivity contribution in [1.29, 1.82) is 0 Å². The third-order valence-corrected chi connectivity index (χ3v) is 3.24. The van der Waals surface area contributed by atoms with Crippen molar-refractivity contribution in [1.82, 2.24) is 20.4 Å². The number of carbonyl (C=O) groups excluding carboxylic acids is 1. The average molecular weight is 309 g/mol. The first kappa shape index (κ1) is 14.7. The van der Waals surface area contributed by atoms with Gasteiger partial charge in [-0.1, -0.05) is 29.5 Å². The molecule has 116 valence electrons. The minimum atomic E-state index is -0.221. The molecule has 0 unspecified atom stereocenters. The van der Waals surface area contributed by atoms with Crippen molar-refractivity contribution in [2.45, 2.75) is 13.0 Å². The lowest BCUT2D eigenvalue weighted by Crippen LogP contribution is -2.19. The van der Waals surface area contributed by atoms with Crippen molar-refractivity contribution >= 4 is 23.2 Å². The van der Waals surface area contributed by atoms with Crippen LogP contribution in [0.3, 0.4) is 0 Å². The number of phenols is 1. The summed E-state index contributed by atoms with van der Waals surface area (Å²) < 4.78 is 1.69. The second-order valence-corrected chi connectivity index (χ2v) is 4.94. The highest BCUT2D eigenvalue weighted by atomic mass is 16.3. The summed E-state index contributed by atoms with van der Waals surface area (Å²) in [6.45, 7) is 0.425. The van der Waals surface area contributed by atoms with E-state index in [4.69, 9.17) is 0 Å². The summed E-state index contributed by atoms with van der Waals surface area (Å²) in [5, 5.41) is 21.3. The van der Waals surface area contributed by atoms with Crippen LogP contribution in [0.4, 0.5) is 0 Å². The van der Waals surface area contributed by atoms with Gasteiger partial charge in [0.2, 0.25) is 5.91 Å². The van der Waals surface area contributed by atoms with Crippen molar-refractivity contribution in [2.24, 2.45) is 5.10 Å². The first-order valence-corrected chi connectivity index (χ1v) is 7.11. The van der Waals surface area contributed by atoms with Crippen molar-refractivity contribution in [2.75, 3.05) is 0 Å². The maximum Gasteiger partial charge on any atom is 0.241 e. The molecule has 3 aromatic rings. The number of phenolic OH excluding ortho intramolecular Hbond substituents is 1. The Morgan fingerprint density at radius 1 is 1.26 bits per heavy atom. The Morgan fingerprint density at radius 3 is 3.00 bits per heavy atom. The summed E-state index contributed by atoms with van der Waals surface area (Å²) in [5.41, 5.74) is 4.84. The quantitative estimate of drug-likeness (QED) is 0.554. The number of nitrogens with zero attached hydrogens (tertiary/aromatic N) is 4. The maximum atomic E-state index is 11.8. The lowest BCUT2D eigenvalue weighted by atomic mass is 10.2. The number of aromatic hydroxyl groups is 1. The molecular weight excluding hydrogens is 294 g/mol. The summed E-state index contributed by atoms with van der Waals surface area (Å²) in [5.74, 6) is -0.0701. The molecule has 1 aromatic heterocycles. The van der Waals surface area contributed by atoms with Gasteiger partial charge in [-0.15, -0.1) is 5.10 Å². The van der Waals surface area contributed by atoms with E-state index in [2.05, 4.69) is 20.8 Å². The van der Waals surface area contributed by atoms with E-state index in [1.165, 1.54) is 6.21 Å². The Kier molecular flexibility index (Phi) is 4.28. The summed E-state index contributed by atoms with van der Waals surface area (Å²) in [4.78, 5) is 11.8. The molecule has 0 aliphatic heterocycles. The molecule has 1 amide bonds. The van der Waals surface area contributed by atoms with Crippen LogP contribution in [0, 0.1) is 0 Å². The number of benzene rings is 2. The zero-order chi connectivity index (χ0) is 16.1. The highest BCUT2D eigenvalue weighted by molar-refractivity contribution is 5.82. The first-order valence-electron chi connectivity index (χ1n) is 7.11. The molecule has 0 atom stereocenters. The zero-order valence-electron chi connectivity index (χ0n) is 12.3. The number of aryl methyl sites for hydroxylation is 1. The molecule has 0 saturated heterocycles. The summed E-state index contributed by atoms with van der Waals surface area (Å²) in [6, 6.07) is 14.2. The Labute approximate surface area is 132 Å². The van der Waals surface area contributed by atoms with Gasteiger partial charge in [-0.25, -0.2) is 10.1 Å². The normalized spacial score (nSPS) is 11.1. The first-order chi connectivity index (χ1) is 11.2. The highest BCUT2D eigenvalue weighted by Crippen LogP contribution is 2.10. The van der Waals surface area contributed by atoms with Crippen LogP contribution >= 0.6 is 0 Å². The summed E-state index contributed by atoms with van der Waals surface area (Å²) >= 11 is 0. The molecule has 0 aliphatic carbocycles. The largest absolute Gasteiger partial charge is 0.508 e. The summed E-state index contributed by atoms with van der Waals surface area (Å²) in [7, 11) is 0. The van der Waals surface area contributed by atoms with Crippen LogP contribution in [0.25, 0.3) is 11.0 Å². The number of rotatable bonds is 5. The van der Waals surface area contributed by atoms with E-state index in [0.29, 0.717) is 12.1 Å². The van der Waals surface area contributed by atoms with Gasteiger partial charge in [0.05, 0.1) is 18.3 Å². The third-order valence-electron chi connectivity index (χ3n) is 3.24. The second kappa shape index (κ2) is 6.69. The lowest BCUT2D eigenvalue weighted by molar-refractivity contribution is -0.121. The number of amides is 1. The molecule has 23 heavy (non-hydrogen) atoms. The Morgan fingerprint density at radius 2 is 2.13 bits per heavy atom. The van der Waals surface area contributed by atoms with Crippen LogP contribution in [0.15, 0.2) is 53.6 Å². The zero-order valence-corrected chi connectivity index (χ0v) is 12.3. The van der Waals surface area contributed by atoms with Gasteiger partial charge in [0.15, 0.2) is 0 Å². The SMILES string of the molecule is O=C(CCn1nnc2ccccc21)N/N=C/c1cccc(O)c1. The Hall–Kier alpha value is -3.22. The molecular formula is C16H15N5O2. The molecule has 1 heterocycles. The number of aromatic nitrogens is 3. The monoisotopic (exact) mass is 309 g/mol. The fraction of sp³-hybridized carbons (Fsp3) is 0.125. The Balaban J connectivity index is 1.54. The maximum absolute atomic E-state index is 11.8. The van der Waals surface area contributed by atoms with Gasteiger partial charge in [0, 0.05) is 6.42 Å². The van der Waals surface area contributed by atoms with Gasteiger partial charge in [0.1, 0.15) is 11.3 Å². The molecule has 0 aliphatic rings. The number of nitrogens with one attached hydrogen (secondary N) is 1. The molecule has 7 heteroatoms. The van der Waals surface area contributed by atoms with E-state index < -0.39 is 0 Å². The van der Waals surface area contributed by atoms with Gasteiger partial charge in [0.25, 0.3) is 0 Å². The van der Waals surface area contributed by atoms with E-state index in [1.54, 1.807) is 28.9 Å². The third kappa shape index (κ3) is 3.70. The Bertz CT molecular complexity index is 856. The van der Waals surface area contributed by atoms with E-state index >= 15 is 0 Å². The average Bonchev–Trinajstić information content (AvgIpc) is 2.96. The smallest absolute Gasteiger partial charge is 0.241 e. The number of hydrogen-bond acceptors (Lipinski definition) is 5. The number of carbonyl (C=O) groups is 1. The highest BCUT2D eigenvalue weighted by Gasteiger charge is 2.05. The molecule has 2 N–H and O–H groups in total. The molecule has 0 fully saturated rings. The predicted octanol–water partition coefficient (Wildman–Crippen LogP) is 1.68. The molecule has 0 radical (unpaired) electrons. The van der Waals surface area contributed by atoms with Crippen LogP contribution in [0.2, 0.25) is 0 Å².